The van der Waals surface area contributed by atoms with Crippen LogP contribution in [0.5, 0.6) is 11.5 Å². The minimum Gasteiger partial charge on any atom is -0.507 e. The van der Waals surface area contributed by atoms with Crippen molar-refractivity contribution in [2.24, 2.45) is 5.10 Å². The highest BCUT2D eigenvalue weighted by molar-refractivity contribution is 5.88. The molecule has 1 amide bonds. The van der Waals surface area contributed by atoms with Crippen molar-refractivity contribution < 1.29 is 14.6 Å². The third-order valence-corrected chi connectivity index (χ3v) is 3.45. The zero-order chi connectivity index (χ0) is 17.4. The first kappa shape index (κ1) is 17.3. The van der Waals surface area contributed by atoms with E-state index in [9.17, 15) is 9.90 Å². The van der Waals surface area contributed by atoms with Gasteiger partial charge in [0.25, 0.3) is 5.91 Å². The fourth-order valence-corrected chi connectivity index (χ4v) is 2.09. The molecular weight excluding hydrogens is 306 g/mol. The van der Waals surface area contributed by atoms with E-state index in [-0.39, 0.29) is 11.7 Å². The number of phenols is 1. The fourth-order valence-electron chi connectivity index (χ4n) is 2.09. The quantitative estimate of drug-likeness (QED) is 0.539. The third-order valence-electron chi connectivity index (χ3n) is 3.45. The Bertz CT molecular complexity index is 702. The van der Waals surface area contributed by atoms with Gasteiger partial charge in [0, 0.05) is 11.3 Å². The molecule has 6 heteroatoms. The zero-order valence-electron chi connectivity index (χ0n) is 13.7. The molecule has 126 valence electrons. The Balaban J connectivity index is 1.98. The van der Waals surface area contributed by atoms with E-state index in [1.165, 1.54) is 19.4 Å². The minimum absolute atomic E-state index is 0.0586. The van der Waals surface area contributed by atoms with E-state index in [1.54, 1.807) is 12.1 Å². The number of hydrogen-bond donors (Lipinski definition) is 3. The smallest absolute Gasteiger partial charge is 0.262 e. The number of nitrogens with one attached hydrogen (secondary N) is 2. The summed E-state index contributed by atoms with van der Waals surface area (Å²) in [6.45, 7) is 1.91. The van der Waals surface area contributed by atoms with Crippen LogP contribution in [0.15, 0.2) is 53.6 Å². The molecule has 24 heavy (non-hydrogen) atoms. The van der Waals surface area contributed by atoms with Crippen molar-refractivity contribution in [3.63, 3.8) is 0 Å². The van der Waals surface area contributed by atoms with Gasteiger partial charge in [-0.15, -0.1) is 0 Å². The second-order valence-electron chi connectivity index (χ2n) is 5.13. The highest BCUT2D eigenvalue weighted by Gasteiger charge is 2.15. The van der Waals surface area contributed by atoms with Crippen LogP contribution in [0.4, 0.5) is 5.69 Å². The number of nitrogens with zero attached hydrogens (tertiary/aromatic N) is 1. The Morgan fingerprint density at radius 1 is 1.29 bits per heavy atom. The number of ether oxygens (including phenoxy) is 1. The standard InChI is InChI=1S/C18H21N3O3/c1-3-16(20-14-7-5-4-6-8-14)18(23)21-19-12-13-11-15(24-2)9-10-17(13)22/h4-12,16,20,22H,3H2,1-2H3,(H,21,23)/b19-12-/t16-/m1/s1. The van der Waals surface area contributed by atoms with Gasteiger partial charge >= 0.3 is 0 Å². The molecule has 0 spiro atoms. The number of aromatic hydroxyl groups is 1. The molecule has 2 rings (SSSR count). The molecule has 0 saturated carbocycles. The van der Waals surface area contributed by atoms with Crippen LogP contribution in [0.3, 0.4) is 0 Å². The molecule has 1 atom stereocenters. The van der Waals surface area contributed by atoms with Crippen molar-refractivity contribution in [1.29, 1.82) is 0 Å². The molecule has 0 radical (unpaired) electrons. The average Bonchev–Trinajstić information content (AvgIpc) is 2.62. The molecule has 0 unspecified atom stereocenters. The van der Waals surface area contributed by atoms with Crippen LogP contribution >= 0.6 is 0 Å². The second-order valence-corrected chi connectivity index (χ2v) is 5.13. The highest BCUT2D eigenvalue weighted by atomic mass is 16.5. The van der Waals surface area contributed by atoms with E-state index in [4.69, 9.17) is 4.74 Å². The predicted molar refractivity (Wildman–Crippen MR) is 94.5 cm³/mol. The summed E-state index contributed by atoms with van der Waals surface area (Å²) in [6.07, 6.45) is 1.99. The molecule has 0 aliphatic heterocycles. The van der Waals surface area contributed by atoms with E-state index in [0.29, 0.717) is 17.7 Å². The molecule has 0 aromatic heterocycles. The molecular formula is C18H21N3O3. The Kier molecular flexibility index (Phi) is 6.19. The molecule has 0 aliphatic rings. The number of hydrogen-bond acceptors (Lipinski definition) is 5. The number of hydrazone groups is 1. The van der Waals surface area contributed by atoms with Gasteiger partial charge in [-0.2, -0.15) is 5.10 Å². The lowest BCUT2D eigenvalue weighted by molar-refractivity contribution is -0.121. The van der Waals surface area contributed by atoms with E-state index in [0.717, 1.165) is 5.69 Å². The lowest BCUT2D eigenvalue weighted by Gasteiger charge is -2.16. The Labute approximate surface area is 141 Å². The van der Waals surface area contributed by atoms with Crippen LogP contribution in [-0.2, 0) is 4.79 Å². The van der Waals surface area contributed by atoms with E-state index >= 15 is 0 Å². The molecule has 3 N–H and O–H groups in total. The average molecular weight is 327 g/mol. The summed E-state index contributed by atoms with van der Waals surface area (Å²) in [5, 5.41) is 16.8. The van der Waals surface area contributed by atoms with Gasteiger partial charge in [0.2, 0.25) is 0 Å². The summed E-state index contributed by atoms with van der Waals surface area (Å²) in [5.74, 6) is 0.404. The van der Waals surface area contributed by atoms with Crippen LogP contribution in [0.1, 0.15) is 18.9 Å². The molecule has 0 saturated heterocycles. The SMILES string of the molecule is CC[C@@H](Nc1ccccc1)C(=O)N/N=C\c1cc(OC)ccc1O. The maximum atomic E-state index is 12.2. The fraction of sp³-hybridized carbons (Fsp3) is 0.222. The minimum atomic E-state index is -0.400. The Morgan fingerprint density at radius 2 is 2.04 bits per heavy atom. The summed E-state index contributed by atoms with van der Waals surface area (Å²) in [4.78, 5) is 12.2. The number of amides is 1. The molecule has 2 aromatic rings. The van der Waals surface area contributed by atoms with Crippen molar-refractivity contribution in [2.45, 2.75) is 19.4 Å². The lowest BCUT2D eigenvalue weighted by atomic mass is 10.2. The van der Waals surface area contributed by atoms with Gasteiger partial charge in [0.15, 0.2) is 0 Å². The van der Waals surface area contributed by atoms with Gasteiger partial charge in [-0.1, -0.05) is 25.1 Å². The predicted octanol–water partition coefficient (Wildman–Crippen LogP) is 2.74. The zero-order valence-corrected chi connectivity index (χ0v) is 13.7. The van der Waals surface area contributed by atoms with Crippen LogP contribution in [0.2, 0.25) is 0 Å². The first-order chi connectivity index (χ1) is 11.6. The Morgan fingerprint density at radius 3 is 2.71 bits per heavy atom. The maximum Gasteiger partial charge on any atom is 0.262 e. The topological polar surface area (TPSA) is 83.0 Å². The first-order valence-corrected chi connectivity index (χ1v) is 7.65. The van der Waals surface area contributed by atoms with Crippen LogP contribution in [0.25, 0.3) is 0 Å². The van der Waals surface area contributed by atoms with Gasteiger partial charge in [-0.05, 0) is 36.8 Å². The second kappa shape index (κ2) is 8.57. The van der Waals surface area contributed by atoms with E-state index in [2.05, 4.69) is 15.8 Å². The van der Waals surface area contributed by atoms with Crippen LogP contribution in [-0.4, -0.2) is 30.4 Å². The molecule has 0 bridgehead atoms. The number of methoxy groups -OCH3 is 1. The van der Waals surface area contributed by atoms with Crippen molar-refractivity contribution >= 4 is 17.8 Å². The molecule has 0 heterocycles. The number of carbonyl (C=O) groups excluding carboxylic acids is 1. The number of rotatable bonds is 7. The largest absolute Gasteiger partial charge is 0.507 e. The van der Waals surface area contributed by atoms with Crippen molar-refractivity contribution in [3.05, 3.63) is 54.1 Å². The first-order valence-electron chi connectivity index (χ1n) is 7.65. The van der Waals surface area contributed by atoms with E-state index < -0.39 is 6.04 Å². The van der Waals surface area contributed by atoms with Crippen molar-refractivity contribution in [3.8, 4) is 11.5 Å². The van der Waals surface area contributed by atoms with Gasteiger partial charge in [-0.25, -0.2) is 5.43 Å². The number of para-hydroxylation sites is 1. The highest BCUT2D eigenvalue weighted by Crippen LogP contribution is 2.20. The summed E-state index contributed by atoms with van der Waals surface area (Å²) < 4.78 is 5.09. The normalized spacial score (nSPS) is 11.9. The molecule has 0 fully saturated rings. The summed E-state index contributed by atoms with van der Waals surface area (Å²) in [5.41, 5.74) is 3.81. The van der Waals surface area contributed by atoms with Crippen LogP contribution in [0, 0.1) is 0 Å². The number of carbonyl (C=O) groups is 1. The van der Waals surface area contributed by atoms with E-state index in [1.807, 2.05) is 37.3 Å². The Hall–Kier alpha value is -3.02. The maximum absolute atomic E-state index is 12.2. The van der Waals surface area contributed by atoms with Gasteiger partial charge in [-0.3, -0.25) is 4.79 Å². The summed E-state index contributed by atoms with van der Waals surface area (Å²) in [7, 11) is 1.54. The molecule has 0 aliphatic carbocycles. The lowest BCUT2D eigenvalue weighted by Crippen LogP contribution is -2.36. The number of phenolic OH excluding ortho intramolecular Hbond substituents is 1. The summed E-state index contributed by atoms with van der Waals surface area (Å²) in [6, 6.07) is 13.9. The van der Waals surface area contributed by atoms with Crippen molar-refractivity contribution in [2.75, 3.05) is 12.4 Å². The third kappa shape index (κ3) is 4.74. The van der Waals surface area contributed by atoms with Gasteiger partial charge < -0.3 is 15.2 Å². The van der Waals surface area contributed by atoms with Gasteiger partial charge in [0.1, 0.15) is 17.5 Å². The molecule has 6 nitrogen and oxygen atoms in total. The molecule has 2 aromatic carbocycles. The van der Waals surface area contributed by atoms with Gasteiger partial charge in [0.05, 0.1) is 13.3 Å². The number of anilines is 1. The number of benzene rings is 2. The summed E-state index contributed by atoms with van der Waals surface area (Å²) >= 11 is 0. The van der Waals surface area contributed by atoms with Crippen molar-refractivity contribution in [1.82, 2.24) is 5.43 Å². The van der Waals surface area contributed by atoms with Crippen LogP contribution < -0.4 is 15.5 Å². The monoisotopic (exact) mass is 327 g/mol.